The normalized spacial score (nSPS) is 12.1. The van der Waals surface area contributed by atoms with Gasteiger partial charge in [-0.3, -0.25) is 14.4 Å². The van der Waals surface area contributed by atoms with Gasteiger partial charge in [-0.25, -0.2) is 4.79 Å². The fraction of sp³-hybridized carbons (Fsp3) is 0.391. The van der Waals surface area contributed by atoms with Gasteiger partial charge in [-0.05, 0) is 56.4 Å². The molecule has 3 N–H and O–H groups in total. The van der Waals surface area contributed by atoms with Crippen molar-refractivity contribution in [2.45, 2.75) is 39.7 Å². The zero-order valence-corrected chi connectivity index (χ0v) is 19.7. The molecule has 2 heterocycles. The minimum Gasteiger partial charge on any atom is -0.480 e. The number of furan rings is 1. The van der Waals surface area contributed by atoms with Gasteiger partial charge in [0, 0.05) is 16.3 Å². The van der Waals surface area contributed by atoms with Crippen molar-refractivity contribution < 1.29 is 28.3 Å². The van der Waals surface area contributed by atoms with Gasteiger partial charge in [0.05, 0.1) is 18.2 Å². The minimum absolute atomic E-state index is 0.203. The fourth-order valence-corrected chi connectivity index (χ4v) is 4.19. The van der Waals surface area contributed by atoms with Crippen LogP contribution in [0.1, 0.15) is 28.7 Å². The van der Waals surface area contributed by atoms with Crippen molar-refractivity contribution in [1.29, 1.82) is 0 Å². The third-order valence-corrected chi connectivity index (χ3v) is 6.19. The monoisotopic (exact) mass is 474 g/mol. The van der Waals surface area contributed by atoms with Gasteiger partial charge in [0.2, 0.25) is 11.8 Å². The lowest BCUT2D eigenvalue weighted by Crippen LogP contribution is -2.48. The number of hydrogen-bond acceptors (Lipinski definition) is 7. The van der Waals surface area contributed by atoms with Crippen LogP contribution >= 0.6 is 11.8 Å². The maximum Gasteiger partial charge on any atom is 0.340 e. The molecule has 1 atom stereocenters. The Morgan fingerprint density at radius 2 is 1.85 bits per heavy atom. The van der Waals surface area contributed by atoms with E-state index < -0.39 is 36.0 Å². The number of nitrogens with one attached hydrogen (secondary N) is 2. The fourth-order valence-electron chi connectivity index (χ4n) is 3.72. The third kappa shape index (κ3) is 5.22. The van der Waals surface area contributed by atoms with E-state index in [9.17, 15) is 19.2 Å². The molecule has 33 heavy (non-hydrogen) atoms. The third-order valence-electron chi connectivity index (χ3n) is 5.55. The van der Waals surface area contributed by atoms with Crippen LogP contribution in [0.3, 0.4) is 0 Å². The average Bonchev–Trinajstić information content (AvgIpc) is 3.14. The molecule has 176 valence electrons. The highest BCUT2D eigenvalue weighted by molar-refractivity contribution is 7.98. The van der Waals surface area contributed by atoms with Crippen LogP contribution in [-0.2, 0) is 20.8 Å². The lowest BCUT2D eigenvalue weighted by atomic mass is 9.99. The second kappa shape index (κ2) is 10.1. The second-order valence-electron chi connectivity index (χ2n) is 7.86. The number of carboxylic acid groups (broad SMARTS) is 1. The largest absolute Gasteiger partial charge is 0.480 e. The molecule has 0 fully saturated rings. The van der Waals surface area contributed by atoms with Crippen molar-refractivity contribution in [1.82, 2.24) is 10.6 Å². The summed E-state index contributed by atoms with van der Waals surface area (Å²) in [6, 6.07) is 0.976. The summed E-state index contributed by atoms with van der Waals surface area (Å²) < 4.78 is 11.2. The van der Waals surface area contributed by atoms with Crippen molar-refractivity contribution in [3.63, 3.8) is 0 Å². The Labute approximate surface area is 193 Å². The number of benzene rings is 1. The van der Waals surface area contributed by atoms with Crippen molar-refractivity contribution >= 4 is 51.5 Å². The number of thioether (sulfide) groups is 1. The molecule has 0 aliphatic carbocycles. The van der Waals surface area contributed by atoms with E-state index in [0.29, 0.717) is 39.9 Å². The molecule has 10 heteroatoms. The number of hydrogen-bond donors (Lipinski definition) is 3. The van der Waals surface area contributed by atoms with Crippen molar-refractivity contribution in [2.75, 3.05) is 18.6 Å². The predicted molar refractivity (Wildman–Crippen MR) is 126 cm³/mol. The summed E-state index contributed by atoms with van der Waals surface area (Å²) in [4.78, 5) is 48.5. The molecule has 0 radical (unpaired) electrons. The summed E-state index contributed by atoms with van der Waals surface area (Å²) in [7, 11) is 0. The number of amides is 2. The first-order valence-corrected chi connectivity index (χ1v) is 11.7. The van der Waals surface area contributed by atoms with Crippen molar-refractivity contribution in [3.8, 4) is 0 Å². The molecule has 0 bridgehead atoms. The summed E-state index contributed by atoms with van der Waals surface area (Å²) in [5.41, 5.74) is 2.92. The first-order chi connectivity index (χ1) is 15.6. The van der Waals surface area contributed by atoms with Crippen LogP contribution in [0.5, 0.6) is 0 Å². The summed E-state index contributed by atoms with van der Waals surface area (Å²) in [5, 5.41) is 15.3. The number of carboxylic acids is 1. The van der Waals surface area contributed by atoms with Crippen molar-refractivity contribution in [3.05, 3.63) is 45.0 Å². The highest BCUT2D eigenvalue weighted by atomic mass is 32.2. The second-order valence-corrected chi connectivity index (χ2v) is 8.84. The van der Waals surface area contributed by atoms with E-state index in [4.69, 9.17) is 13.9 Å². The van der Waals surface area contributed by atoms with Crippen LogP contribution in [-0.4, -0.2) is 47.5 Å². The molecule has 0 saturated carbocycles. The Balaban J connectivity index is 1.89. The van der Waals surface area contributed by atoms with Gasteiger partial charge in [-0.1, -0.05) is 0 Å². The molecular formula is C23H26N2O7S. The minimum atomic E-state index is -1.18. The molecule has 3 aromatic rings. The lowest BCUT2D eigenvalue weighted by Gasteiger charge is -2.18. The van der Waals surface area contributed by atoms with Gasteiger partial charge in [-0.15, -0.1) is 0 Å². The maximum atomic E-state index is 12.8. The standard InChI is InChI=1S/C23H26N2O7S/c1-11-10-31-20-13(3)21-15(7-14(11)20)12(2)16(23(30)32-21)8-18(26)25-17(5-6-33-4)22(29)24-9-19(27)28/h7,10,17H,5-6,8-9H2,1-4H3,(H,24,29)(H,25,26)(H,27,28)/t17-/m0/s1. The van der Waals surface area contributed by atoms with E-state index in [2.05, 4.69) is 10.6 Å². The smallest absolute Gasteiger partial charge is 0.340 e. The number of carbonyl (C=O) groups excluding carboxylic acids is 2. The molecule has 2 aromatic heterocycles. The molecule has 3 rings (SSSR count). The van der Waals surface area contributed by atoms with Gasteiger partial charge in [0.1, 0.15) is 23.8 Å². The molecule has 0 spiro atoms. The van der Waals surface area contributed by atoms with Gasteiger partial charge in [-0.2, -0.15) is 11.8 Å². The summed E-state index contributed by atoms with van der Waals surface area (Å²) in [5.74, 6) is -1.71. The van der Waals surface area contributed by atoms with E-state index in [-0.39, 0.29) is 12.0 Å². The van der Waals surface area contributed by atoms with Crippen LogP contribution in [0.4, 0.5) is 0 Å². The Bertz CT molecular complexity index is 1290. The quantitative estimate of drug-likeness (QED) is 0.402. The first-order valence-electron chi connectivity index (χ1n) is 10.4. The topological polar surface area (TPSA) is 139 Å². The summed E-state index contributed by atoms with van der Waals surface area (Å²) in [6.45, 7) is 4.95. The van der Waals surface area contributed by atoms with Gasteiger partial charge in [0.25, 0.3) is 0 Å². The highest BCUT2D eigenvalue weighted by Gasteiger charge is 2.23. The van der Waals surface area contributed by atoms with Crippen LogP contribution < -0.4 is 16.3 Å². The lowest BCUT2D eigenvalue weighted by molar-refractivity contribution is -0.138. The van der Waals surface area contributed by atoms with Crippen LogP contribution in [0, 0.1) is 20.8 Å². The van der Waals surface area contributed by atoms with E-state index >= 15 is 0 Å². The SMILES string of the molecule is CSCC[C@H](NC(=O)Cc1c(C)c2cc3c(C)coc3c(C)c2oc1=O)C(=O)NCC(=O)O. The van der Waals surface area contributed by atoms with E-state index in [0.717, 1.165) is 10.9 Å². The maximum absolute atomic E-state index is 12.8. The Morgan fingerprint density at radius 3 is 2.52 bits per heavy atom. The van der Waals surface area contributed by atoms with Gasteiger partial charge >= 0.3 is 11.6 Å². The molecule has 1 aromatic carbocycles. The Kier molecular flexibility index (Phi) is 7.47. The predicted octanol–water partition coefficient (Wildman–Crippen LogP) is 2.45. The summed E-state index contributed by atoms with van der Waals surface area (Å²) >= 11 is 1.49. The molecule has 0 saturated heterocycles. The van der Waals surface area contributed by atoms with Crippen LogP contribution in [0.25, 0.3) is 21.9 Å². The number of carbonyl (C=O) groups is 3. The van der Waals surface area contributed by atoms with Gasteiger partial charge in [0.15, 0.2) is 0 Å². The first kappa shape index (κ1) is 24.4. The number of aliphatic carboxylic acids is 1. The van der Waals surface area contributed by atoms with E-state index in [1.807, 2.05) is 26.2 Å². The number of aryl methyl sites for hydroxylation is 3. The Hall–Kier alpha value is -3.27. The molecule has 9 nitrogen and oxygen atoms in total. The van der Waals surface area contributed by atoms with Crippen LogP contribution in [0.15, 0.2) is 26.0 Å². The van der Waals surface area contributed by atoms with Gasteiger partial charge < -0.3 is 24.6 Å². The summed E-state index contributed by atoms with van der Waals surface area (Å²) in [6.07, 6.45) is 3.55. The van der Waals surface area contributed by atoms with E-state index in [1.54, 1.807) is 13.2 Å². The van der Waals surface area contributed by atoms with E-state index in [1.165, 1.54) is 11.8 Å². The highest BCUT2D eigenvalue weighted by Crippen LogP contribution is 2.32. The zero-order chi connectivity index (χ0) is 24.3. The molecule has 0 unspecified atom stereocenters. The number of rotatable bonds is 9. The van der Waals surface area contributed by atoms with Crippen LogP contribution in [0.2, 0.25) is 0 Å². The van der Waals surface area contributed by atoms with Crippen molar-refractivity contribution in [2.24, 2.45) is 0 Å². The molecule has 0 aliphatic heterocycles. The molecular weight excluding hydrogens is 448 g/mol. The molecule has 2 amide bonds. The number of fused-ring (bicyclic) bond motifs is 2. The zero-order valence-electron chi connectivity index (χ0n) is 18.9. The molecule has 0 aliphatic rings. The Morgan fingerprint density at radius 1 is 1.12 bits per heavy atom. The average molecular weight is 475 g/mol.